The predicted octanol–water partition coefficient (Wildman–Crippen LogP) is -1.88. The molecular weight excluding hydrogens is 226 g/mol. The highest BCUT2D eigenvalue weighted by atomic mass is 32.2. The maximum Gasteiger partial charge on any atom is 0.490 e. The van der Waals surface area contributed by atoms with E-state index in [-0.39, 0.29) is 11.2 Å². The van der Waals surface area contributed by atoms with E-state index in [1.54, 1.807) is 0 Å². The average Bonchev–Trinajstić information content (AvgIpc) is 2.05. The zero-order chi connectivity index (χ0) is 11.6. The number of hydrogen-bond acceptors (Lipinski definition) is 4. The van der Waals surface area contributed by atoms with E-state index in [2.05, 4.69) is 5.14 Å². The molecule has 0 radical (unpaired) electrons. The minimum absolute atomic E-state index is 0.186. The number of benzene rings is 1. The van der Waals surface area contributed by atoms with Crippen molar-refractivity contribution in [1.29, 1.82) is 0 Å². The summed E-state index contributed by atoms with van der Waals surface area (Å²) in [4.78, 5) is 0. The topological polar surface area (TPSA) is 113 Å². The van der Waals surface area contributed by atoms with Gasteiger partial charge in [-0.2, -0.15) is 8.42 Å². The van der Waals surface area contributed by atoms with Crippen molar-refractivity contribution in [2.24, 2.45) is 5.14 Å². The van der Waals surface area contributed by atoms with E-state index in [1.165, 1.54) is 0 Å². The molecule has 0 aromatic heterocycles. The molecule has 0 spiro atoms. The van der Waals surface area contributed by atoms with Gasteiger partial charge >= 0.3 is 7.12 Å². The summed E-state index contributed by atoms with van der Waals surface area (Å²) in [6.45, 7) is 0. The molecule has 15 heavy (non-hydrogen) atoms. The second kappa shape index (κ2) is 4.15. The van der Waals surface area contributed by atoms with E-state index in [1.807, 2.05) is 4.72 Å². The fraction of sp³-hybridized carbons (Fsp3) is 0. The van der Waals surface area contributed by atoms with Crippen LogP contribution >= 0.6 is 0 Å². The molecular formula is C6H8BFN2O4S. The predicted molar refractivity (Wildman–Crippen MR) is 53.0 cm³/mol. The summed E-state index contributed by atoms with van der Waals surface area (Å²) in [5, 5.41) is 22.4. The molecule has 0 aliphatic carbocycles. The first-order valence-corrected chi connectivity index (χ1v) is 5.30. The molecule has 0 bridgehead atoms. The van der Waals surface area contributed by atoms with Crippen LogP contribution in [0.3, 0.4) is 0 Å². The van der Waals surface area contributed by atoms with Gasteiger partial charge in [0.2, 0.25) is 0 Å². The van der Waals surface area contributed by atoms with Gasteiger partial charge in [0.05, 0.1) is 0 Å². The van der Waals surface area contributed by atoms with Crippen LogP contribution in [0.4, 0.5) is 10.1 Å². The van der Waals surface area contributed by atoms with Crippen molar-refractivity contribution < 1.29 is 22.9 Å². The number of nitrogens with one attached hydrogen (secondary N) is 1. The molecule has 0 aliphatic heterocycles. The molecule has 0 fully saturated rings. The lowest BCUT2D eigenvalue weighted by Gasteiger charge is -2.09. The molecule has 0 unspecified atom stereocenters. The molecule has 0 amide bonds. The van der Waals surface area contributed by atoms with Crippen LogP contribution < -0.4 is 15.3 Å². The summed E-state index contributed by atoms with van der Waals surface area (Å²) in [5.41, 5.74) is -0.502. The van der Waals surface area contributed by atoms with Gasteiger partial charge in [-0.15, -0.1) is 0 Å². The molecule has 0 saturated carbocycles. The van der Waals surface area contributed by atoms with Gasteiger partial charge < -0.3 is 10.0 Å². The van der Waals surface area contributed by atoms with Crippen molar-refractivity contribution >= 4 is 28.5 Å². The van der Waals surface area contributed by atoms with Crippen molar-refractivity contribution in [3.05, 3.63) is 24.0 Å². The SMILES string of the molecule is NS(=O)(=O)Nc1ccc(F)cc1B(O)O. The van der Waals surface area contributed by atoms with E-state index >= 15 is 0 Å². The first-order chi connectivity index (χ1) is 6.79. The van der Waals surface area contributed by atoms with Gasteiger partial charge in [-0.1, -0.05) is 0 Å². The van der Waals surface area contributed by atoms with Gasteiger partial charge in [-0.05, 0) is 18.2 Å². The molecule has 5 N–H and O–H groups in total. The minimum atomic E-state index is -4.04. The van der Waals surface area contributed by atoms with Crippen LogP contribution in [0, 0.1) is 5.82 Å². The van der Waals surface area contributed by atoms with Crippen LogP contribution in [0.15, 0.2) is 18.2 Å². The van der Waals surface area contributed by atoms with Gasteiger partial charge in [0, 0.05) is 11.2 Å². The fourth-order valence-corrected chi connectivity index (χ4v) is 1.49. The third kappa shape index (κ3) is 3.48. The van der Waals surface area contributed by atoms with Crippen molar-refractivity contribution in [2.75, 3.05) is 4.72 Å². The Balaban J connectivity index is 3.18. The summed E-state index contributed by atoms with van der Waals surface area (Å²) in [6.07, 6.45) is 0. The maximum atomic E-state index is 12.7. The first-order valence-electron chi connectivity index (χ1n) is 3.76. The fourth-order valence-electron chi connectivity index (χ4n) is 0.993. The number of hydrogen-bond donors (Lipinski definition) is 4. The highest BCUT2D eigenvalue weighted by Crippen LogP contribution is 2.07. The van der Waals surface area contributed by atoms with Crippen LogP contribution in [-0.4, -0.2) is 25.6 Å². The number of anilines is 1. The Labute approximate surface area is 85.9 Å². The Morgan fingerprint density at radius 2 is 2.00 bits per heavy atom. The highest BCUT2D eigenvalue weighted by molar-refractivity contribution is 7.90. The molecule has 1 aromatic carbocycles. The third-order valence-electron chi connectivity index (χ3n) is 1.54. The Morgan fingerprint density at radius 3 is 2.47 bits per heavy atom. The van der Waals surface area contributed by atoms with E-state index in [0.717, 1.165) is 18.2 Å². The minimum Gasteiger partial charge on any atom is -0.423 e. The van der Waals surface area contributed by atoms with Crippen LogP contribution in [-0.2, 0) is 10.2 Å². The summed E-state index contributed by atoms with van der Waals surface area (Å²) in [5.74, 6) is -0.724. The van der Waals surface area contributed by atoms with Crippen LogP contribution in [0.2, 0.25) is 0 Å². The molecule has 0 atom stereocenters. The summed E-state index contributed by atoms with van der Waals surface area (Å²) < 4.78 is 35.9. The standard InChI is InChI=1S/C6H8BFN2O4S/c8-4-1-2-6(10-15(9,13)14)5(3-4)7(11)12/h1-3,10-12H,(H2,9,13,14). The largest absolute Gasteiger partial charge is 0.490 e. The van der Waals surface area contributed by atoms with E-state index in [4.69, 9.17) is 10.0 Å². The second-order valence-corrected chi connectivity index (χ2v) is 4.05. The molecule has 82 valence electrons. The van der Waals surface area contributed by atoms with Gasteiger partial charge in [-0.3, -0.25) is 4.72 Å². The number of halogens is 1. The monoisotopic (exact) mass is 234 g/mol. The van der Waals surface area contributed by atoms with Crippen molar-refractivity contribution in [2.45, 2.75) is 0 Å². The Morgan fingerprint density at radius 1 is 1.40 bits per heavy atom. The molecule has 0 saturated heterocycles. The number of nitrogens with two attached hydrogens (primary N) is 1. The third-order valence-corrected chi connectivity index (χ3v) is 2.05. The van der Waals surface area contributed by atoms with Crippen molar-refractivity contribution in [1.82, 2.24) is 0 Å². The number of rotatable bonds is 3. The molecule has 0 heterocycles. The zero-order valence-corrected chi connectivity index (χ0v) is 8.20. The van der Waals surface area contributed by atoms with Crippen molar-refractivity contribution in [3.63, 3.8) is 0 Å². The lowest BCUT2D eigenvalue weighted by atomic mass is 9.79. The van der Waals surface area contributed by atoms with Gasteiger partial charge in [0.25, 0.3) is 10.2 Å². The van der Waals surface area contributed by atoms with Gasteiger partial charge in [0.15, 0.2) is 0 Å². The lowest BCUT2D eigenvalue weighted by Crippen LogP contribution is -2.35. The molecule has 9 heteroatoms. The zero-order valence-electron chi connectivity index (χ0n) is 7.38. The maximum absolute atomic E-state index is 12.7. The summed E-state index contributed by atoms with van der Waals surface area (Å²) in [6, 6.07) is 2.78. The first kappa shape index (κ1) is 11.9. The average molecular weight is 234 g/mol. The van der Waals surface area contributed by atoms with Crippen LogP contribution in [0.5, 0.6) is 0 Å². The summed E-state index contributed by atoms with van der Waals surface area (Å²) >= 11 is 0. The van der Waals surface area contributed by atoms with Gasteiger partial charge in [-0.25, -0.2) is 9.53 Å². The summed E-state index contributed by atoms with van der Waals surface area (Å²) in [7, 11) is -6.04. The van der Waals surface area contributed by atoms with E-state index < -0.39 is 23.1 Å². The quantitative estimate of drug-likeness (QED) is 0.458. The molecule has 0 aliphatic rings. The smallest absolute Gasteiger partial charge is 0.423 e. The van der Waals surface area contributed by atoms with E-state index in [9.17, 15) is 12.8 Å². The van der Waals surface area contributed by atoms with Crippen molar-refractivity contribution in [3.8, 4) is 0 Å². The molecule has 1 rings (SSSR count). The molecule has 6 nitrogen and oxygen atoms in total. The normalized spacial score (nSPS) is 11.2. The molecule has 1 aromatic rings. The highest BCUT2D eigenvalue weighted by Gasteiger charge is 2.18. The van der Waals surface area contributed by atoms with Crippen LogP contribution in [0.1, 0.15) is 0 Å². The lowest BCUT2D eigenvalue weighted by molar-refractivity contribution is 0.425. The van der Waals surface area contributed by atoms with E-state index in [0.29, 0.717) is 0 Å². The Kier molecular flexibility index (Phi) is 3.30. The van der Waals surface area contributed by atoms with Gasteiger partial charge in [0.1, 0.15) is 5.82 Å². The Hall–Kier alpha value is -1.16. The Bertz CT molecular complexity index is 464. The van der Waals surface area contributed by atoms with Crippen LogP contribution in [0.25, 0.3) is 0 Å². The second-order valence-electron chi connectivity index (χ2n) is 2.75.